The number of aliphatic imine (C=N–C) groups is 1. The average molecular weight is 476 g/mol. The predicted molar refractivity (Wildman–Crippen MR) is 118 cm³/mol. The zero-order valence-electron chi connectivity index (χ0n) is 16.4. The van der Waals surface area contributed by atoms with Gasteiger partial charge in [0.2, 0.25) is 0 Å². The molecule has 1 atom stereocenters. The van der Waals surface area contributed by atoms with Gasteiger partial charge in [0.25, 0.3) is 0 Å². The third-order valence-electron chi connectivity index (χ3n) is 4.26. The maximum Gasteiger partial charge on any atom is 0.191 e. The smallest absolute Gasteiger partial charge is 0.191 e. The average Bonchev–Trinajstić information content (AvgIpc) is 2.60. The first-order valence-corrected chi connectivity index (χ1v) is 9.08. The number of nitrogens with zero attached hydrogens (tertiary/aromatic N) is 2. The number of rotatable bonds is 7. The van der Waals surface area contributed by atoms with Crippen molar-refractivity contribution in [2.45, 2.75) is 26.4 Å². The number of ether oxygens (including phenoxy) is 2. The highest BCUT2D eigenvalue weighted by Crippen LogP contribution is 2.19. The minimum absolute atomic E-state index is 0. The van der Waals surface area contributed by atoms with Gasteiger partial charge in [0, 0.05) is 26.2 Å². The van der Waals surface area contributed by atoms with E-state index in [4.69, 9.17) is 9.47 Å². The lowest BCUT2D eigenvalue weighted by Gasteiger charge is -2.29. The molecule has 2 rings (SSSR count). The van der Waals surface area contributed by atoms with Gasteiger partial charge in [0.15, 0.2) is 5.96 Å². The van der Waals surface area contributed by atoms with Crippen LogP contribution in [-0.2, 0) is 11.2 Å². The summed E-state index contributed by atoms with van der Waals surface area (Å²) in [5, 5.41) is 6.70. The Labute approximate surface area is 174 Å². The molecular weight excluding hydrogens is 443 g/mol. The van der Waals surface area contributed by atoms with Crippen LogP contribution in [0.4, 0.5) is 0 Å². The van der Waals surface area contributed by atoms with Gasteiger partial charge in [0.05, 0.1) is 26.4 Å². The lowest BCUT2D eigenvalue weighted by Crippen LogP contribution is -2.43. The van der Waals surface area contributed by atoms with Crippen molar-refractivity contribution in [1.82, 2.24) is 15.5 Å². The predicted octanol–water partition coefficient (Wildman–Crippen LogP) is 2.05. The zero-order valence-corrected chi connectivity index (χ0v) is 18.7. The summed E-state index contributed by atoms with van der Waals surface area (Å²) in [5.74, 6) is 1.78. The summed E-state index contributed by atoms with van der Waals surface area (Å²) in [5.41, 5.74) is 2.46. The Morgan fingerprint density at radius 2 is 2.19 bits per heavy atom. The molecule has 7 heteroatoms. The van der Waals surface area contributed by atoms with Gasteiger partial charge in [-0.3, -0.25) is 4.99 Å². The summed E-state index contributed by atoms with van der Waals surface area (Å²) in [7, 11) is 3.84. The Balaban J connectivity index is 0.00000338. The molecule has 0 aromatic heterocycles. The fourth-order valence-corrected chi connectivity index (χ4v) is 2.93. The van der Waals surface area contributed by atoms with E-state index in [9.17, 15) is 0 Å². The quantitative estimate of drug-likeness (QED) is 0.359. The first-order chi connectivity index (χ1) is 12.1. The molecule has 0 radical (unpaired) electrons. The van der Waals surface area contributed by atoms with Crippen LogP contribution in [0.2, 0.25) is 0 Å². The standard InChI is InChI=1S/C19H32N4O2.HI/c1-5-20-19(22-13-17-14-23(3)10-11-25-17)21-9-8-16-12-15(2)6-7-18(16)24-4;/h6-7,12,17H,5,8-11,13-14H2,1-4H3,(H2,20,21,22);1H. The summed E-state index contributed by atoms with van der Waals surface area (Å²) in [4.78, 5) is 6.96. The molecule has 1 saturated heterocycles. The van der Waals surface area contributed by atoms with Crippen molar-refractivity contribution in [3.05, 3.63) is 29.3 Å². The highest BCUT2D eigenvalue weighted by Gasteiger charge is 2.17. The number of methoxy groups -OCH3 is 1. The molecule has 1 aliphatic heterocycles. The third kappa shape index (κ3) is 7.67. The van der Waals surface area contributed by atoms with E-state index in [0.29, 0.717) is 6.54 Å². The molecule has 1 heterocycles. The van der Waals surface area contributed by atoms with Crippen LogP contribution in [0.25, 0.3) is 0 Å². The summed E-state index contributed by atoms with van der Waals surface area (Å²) < 4.78 is 11.2. The number of hydrogen-bond donors (Lipinski definition) is 2. The fourth-order valence-electron chi connectivity index (χ4n) is 2.93. The molecule has 0 bridgehead atoms. The minimum atomic E-state index is 0. The van der Waals surface area contributed by atoms with Crippen LogP contribution in [0.5, 0.6) is 5.75 Å². The largest absolute Gasteiger partial charge is 0.496 e. The van der Waals surface area contributed by atoms with Crippen molar-refractivity contribution in [2.24, 2.45) is 4.99 Å². The van der Waals surface area contributed by atoms with Crippen LogP contribution in [0.15, 0.2) is 23.2 Å². The molecule has 6 nitrogen and oxygen atoms in total. The molecule has 0 saturated carbocycles. The lowest BCUT2D eigenvalue weighted by molar-refractivity contribution is -0.0136. The number of nitrogens with one attached hydrogen (secondary N) is 2. The van der Waals surface area contributed by atoms with Crippen LogP contribution in [0, 0.1) is 6.92 Å². The molecule has 1 aromatic carbocycles. The Bertz CT molecular complexity index is 568. The van der Waals surface area contributed by atoms with Crippen molar-refractivity contribution in [2.75, 3.05) is 53.5 Å². The number of morpholine rings is 1. The second-order valence-corrected chi connectivity index (χ2v) is 6.47. The Kier molecular flexibility index (Phi) is 10.9. The lowest BCUT2D eigenvalue weighted by atomic mass is 10.1. The van der Waals surface area contributed by atoms with Crippen molar-refractivity contribution < 1.29 is 9.47 Å². The second-order valence-electron chi connectivity index (χ2n) is 6.47. The molecule has 2 N–H and O–H groups in total. The van der Waals surface area contributed by atoms with Gasteiger partial charge in [-0.25, -0.2) is 0 Å². The van der Waals surface area contributed by atoms with Gasteiger partial charge < -0.3 is 25.0 Å². The van der Waals surface area contributed by atoms with Gasteiger partial charge in [-0.1, -0.05) is 17.7 Å². The first kappa shape index (κ1) is 23.0. The maximum absolute atomic E-state index is 5.77. The topological polar surface area (TPSA) is 58.1 Å². The molecular formula is C19H33IN4O2. The molecule has 26 heavy (non-hydrogen) atoms. The number of halogens is 1. The molecule has 1 unspecified atom stereocenters. The normalized spacial score (nSPS) is 18.2. The van der Waals surface area contributed by atoms with Gasteiger partial charge in [-0.05, 0) is 38.9 Å². The summed E-state index contributed by atoms with van der Waals surface area (Å²) in [6.07, 6.45) is 1.06. The summed E-state index contributed by atoms with van der Waals surface area (Å²) >= 11 is 0. The van der Waals surface area contributed by atoms with Crippen molar-refractivity contribution in [3.8, 4) is 5.75 Å². The SMILES string of the molecule is CCNC(=NCC1CN(C)CCO1)NCCc1cc(C)ccc1OC.I. The van der Waals surface area contributed by atoms with Gasteiger partial charge in [-0.15, -0.1) is 24.0 Å². The van der Waals surface area contributed by atoms with Gasteiger partial charge in [-0.2, -0.15) is 0 Å². The van der Waals surface area contributed by atoms with Crippen LogP contribution in [-0.4, -0.2) is 70.5 Å². The number of aryl methyl sites for hydroxylation is 1. The number of hydrogen-bond acceptors (Lipinski definition) is 4. The molecule has 1 fully saturated rings. The molecule has 0 amide bonds. The molecule has 0 aliphatic carbocycles. The number of guanidine groups is 1. The molecule has 0 spiro atoms. The molecule has 1 aromatic rings. The van der Waals surface area contributed by atoms with Crippen molar-refractivity contribution in [1.29, 1.82) is 0 Å². The monoisotopic (exact) mass is 476 g/mol. The minimum Gasteiger partial charge on any atom is -0.496 e. The second kappa shape index (κ2) is 12.3. The highest BCUT2D eigenvalue weighted by atomic mass is 127. The van der Waals surface area contributed by atoms with Crippen LogP contribution >= 0.6 is 24.0 Å². The van der Waals surface area contributed by atoms with Crippen molar-refractivity contribution >= 4 is 29.9 Å². The van der Waals surface area contributed by atoms with E-state index < -0.39 is 0 Å². The van der Waals surface area contributed by atoms with E-state index in [1.54, 1.807) is 7.11 Å². The first-order valence-electron chi connectivity index (χ1n) is 9.08. The van der Waals surface area contributed by atoms with E-state index in [-0.39, 0.29) is 30.1 Å². The zero-order chi connectivity index (χ0) is 18.1. The van der Waals surface area contributed by atoms with E-state index in [0.717, 1.165) is 50.9 Å². The third-order valence-corrected chi connectivity index (χ3v) is 4.26. The van der Waals surface area contributed by atoms with Crippen LogP contribution in [0.3, 0.4) is 0 Å². The van der Waals surface area contributed by atoms with Crippen molar-refractivity contribution in [3.63, 3.8) is 0 Å². The number of likely N-dealkylation sites (N-methyl/N-ethyl adjacent to an activating group) is 1. The summed E-state index contributed by atoms with van der Waals surface area (Å²) in [6, 6.07) is 6.28. The van der Waals surface area contributed by atoms with E-state index >= 15 is 0 Å². The van der Waals surface area contributed by atoms with E-state index in [1.165, 1.54) is 11.1 Å². The highest BCUT2D eigenvalue weighted by molar-refractivity contribution is 14.0. The van der Waals surface area contributed by atoms with E-state index in [2.05, 4.69) is 53.6 Å². The Hall–Kier alpha value is -1.06. The summed E-state index contributed by atoms with van der Waals surface area (Å²) in [6.45, 7) is 9.21. The molecule has 148 valence electrons. The van der Waals surface area contributed by atoms with Crippen LogP contribution in [0.1, 0.15) is 18.1 Å². The maximum atomic E-state index is 5.77. The fraction of sp³-hybridized carbons (Fsp3) is 0.632. The van der Waals surface area contributed by atoms with Crippen LogP contribution < -0.4 is 15.4 Å². The Morgan fingerprint density at radius 3 is 2.88 bits per heavy atom. The molecule has 1 aliphatic rings. The van der Waals surface area contributed by atoms with Gasteiger partial charge >= 0.3 is 0 Å². The Morgan fingerprint density at radius 1 is 1.38 bits per heavy atom. The van der Waals surface area contributed by atoms with E-state index in [1.807, 2.05) is 6.07 Å². The van der Waals surface area contributed by atoms with Gasteiger partial charge in [0.1, 0.15) is 5.75 Å². The number of benzene rings is 1.